The predicted octanol–water partition coefficient (Wildman–Crippen LogP) is -0.426. The van der Waals surface area contributed by atoms with Crippen LogP contribution in [0.2, 0.25) is 0 Å². The Kier molecular flexibility index (Phi) is 0.820. The van der Waals surface area contributed by atoms with Crippen LogP contribution in [-0.4, -0.2) is 12.3 Å². The molecule has 0 radical (unpaired) electrons. The molecule has 5 heteroatoms. The molecule has 1 heterocycles. The molecule has 3 nitrogen and oxygen atoms in total. The lowest BCUT2D eigenvalue weighted by atomic mass is 10.3. The third-order valence-electron chi connectivity index (χ3n) is 0.243. The van der Waals surface area contributed by atoms with Crippen molar-refractivity contribution in [2.24, 2.45) is 0 Å². The van der Waals surface area contributed by atoms with Gasteiger partial charge in [0.25, 0.3) is 0 Å². The molecule has 1 fully saturated rings. The summed E-state index contributed by atoms with van der Waals surface area (Å²) in [6.45, 7) is 0. The second kappa shape index (κ2) is 1.18. The van der Waals surface area contributed by atoms with Gasteiger partial charge in [-0.2, -0.15) is 0 Å². The molecular formula is HBO3S. The fraction of sp³-hybridized carbons (Fsp3) is 0. The first-order chi connectivity index (χ1) is 2.39. The first kappa shape index (κ1) is 3.48. The second-order valence-corrected chi connectivity index (χ2v) is 1.09. The molecule has 0 aromatic heterocycles. The highest BCUT2D eigenvalue weighted by Crippen LogP contribution is 2.18. The summed E-state index contributed by atoms with van der Waals surface area (Å²) >= 11 is 0.795. The van der Waals surface area contributed by atoms with Crippen molar-refractivity contribution in [1.82, 2.24) is 0 Å². The average Bonchev–Trinajstić information content (AvgIpc) is 1.30. The number of rotatable bonds is 0. The highest BCUT2D eigenvalue weighted by Gasteiger charge is 2.27. The summed E-state index contributed by atoms with van der Waals surface area (Å²) in [4.78, 5) is 0. The van der Waals surface area contributed by atoms with Crippen molar-refractivity contribution in [3.63, 3.8) is 0 Å². The predicted molar refractivity (Wildman–Crippen MR) is 17.7 cm³/mol. The van der Waals surface area contributed by atoms with Crippen molar-refractivity contribution in [3.05, 3.63) is 0 Å². The maximum atomic E-state index is 7.98. The van der Waals surface area contributed by atoms with Gasteiger partial charge in [0.05, 0.1) is 0 Å². The minimum Gasteiger partial charge on any atom is -0.400 e. The smallest absolute Gasteiger partial charge is 0.400 e. The topological polar surface area (TPSA) is 38.7 Å². The van der Waals surface area contributed by atoms with Crippen LogP contribution in [0, 0.1) is 0 Å². The Balaban J connectivity index is 2.08. The molecule has 1 rings (SSSR count). The van der Waals surface area contributed by atoms with Crippen LogP contribution in [0.25, 0.3) is 0 Å². The highest BCUT2D eigenvalue weighted by molar-refractivity contribution is 7.93. The summed E-state index contributed by atoms with van der Waals surface area (Å²) in [5.74, 6) is 0. The van der Waals surface area contributed by atoms with Crippen molar-refractivity contribution < 1.29 is 13.2 Å². The van der Waals surface area contributed by atoms with Gasteiger partial charge in [-0.3, -0.25) is 8.20 Å². The van der Waals surface area contributed by atoms with Gasteiger partial charge >= 0.3 is 7.32 Å². The Morgan fingerprint density at radius 3 is 2.00 bits per heavy atom. The van der Waals surface area contributed by atoms with Crippen LogP contribution in [0.15, 0.2) is 0 Å². The maximum Gasteiger partial charge on any atom is 0.663 e. The van der Waals surface area contributed by atoms with Crippen molar-refractivity contribution in [2.75, 3.05) is 0 Å². The van der Waals surface area contributed by atoms with Gasteiger partial charge in [0.1, 0.15) is 12.3 Å². The largest absolute Gasteiger partial charge is 0.663 e. The summed E-state index contributed by atoms with van der Waals surface area (Å²) in [6, 6.07) is 0. The van der Waals surface area contributed by atoms with E-state index in [1.807, 2.05) is 0 Å². The molecule has 0 atom stereocenters. The molecule has 1 saturated heterocycles. The third kappa shape index (κ3) is 0.571. The molecule has 0 unspecified atom stereocenters. The fourth-order valence-corrected chi connectivity index (χ4v) is 0.223. The van der Waals surface area contributed by atoms with Gasteiger partial charge in [0.2, 0.25) is 0 Å². The number of hydrogen-bond donors (Lipinski definition) is 1. The Hall–Kier alpha value is 0.295. The van der Waals surface area contributed by atoms with E-state index in [2.05, 4.69) is 8.20 Å². The van der Waals surface area contributed by atoms with Gasteiger partial charge in [0, 0.05) is 0 Å². The molecule has 5 heavy (non-hydrogen) atoms. The van der Waals surface area contributed by atoms with Gasteiger partial charge in [0.15, 0.2) is 0 Å². The minimum atomic E-state index is -0.972. The Morgan fingerprint density at radius 1 is 1.60 bits per heavy atom. The van der Waals surface area contributed by atoms with E-state index in [-0.39, 0.29) is 0 Å². The van der Waals surface area contributed by atoms with Crippen LogP contribution >= 0.6 is 12.3 Å². The van der Waals surface area contributed by atoms with E-state index >= 15 is 0 Å². The molecule has 0 bridgehead atoms. The molecule has 0 aromatic rings. The second-order valence-electron chi connectivity index (χ2n) is 0.568. The summed E-state index contributed by atoms with van der Waals surface area (Å²) in [5.41, 5.74) is 0. The fourth-order valence-electron chi connectivity index (χ4n) is 0.0744. The van der Waals surface area contributed by atoms with Crippen LogP contribution in [0.5, 0.6) is 0 Å². The molecule has 0 aliphatic carbocycles. The van der Waals surface area contributed by atoms with Crippen molar-refractivity contribution in [2.45, 2.75) is 0 Å². The van der Waals surface area contributed by atoms with E-state index in [9.17, 15) is 0 Å². The molecule has 1 aliphatic heterocycles. The quantitative estimate of drug-likeness (QED) is 0.325. The average molecular weight is 91.9 g/mol. The van der Waals surface area contributed by atoms with Crippen LogP contribution in [0.3, 0.4) is 0 Å². The summed E-state index contributed by atoms with van der Waals surface area (Å²) in [5, 5.41) is 7.98. The minimum absolute atomic E-state index is 0.795. The van der Waals surface area contributed by atoms with E-state index in [0.717, 1.165) is 12.3 Å². The Labute approximate surface area is 33.9 Å². The molecular weight excluding hydrogens is 90.9 g/mol. The zero-order valence-electron chi connectivity index (χ0n) is 2.25. The lowest BCUT2D eigenvalue weighted by Crippen LogP contribution is -2.24. The molecule has 0 saturated carbocycles. The lowest BCUT2D eigenvalue weighted by molar-refractivity contribution is 0.271. The van der Waals surface area contributed by atoms with E-state index < -0.39 is 7.32 Å². The molecule has 0 aromatic carbocycles. The molecule has 1 N–H and O–H groups in total. The highest BCUT2D eigenvalue weighted by atomic mass is 32.2. The zero-order chi connectivity index (χ0) is 3.70. The van der Waals surface area contributed by atoms with Crippen LogP contribution in [0.1, 0.15) is 0 Å². The summed E-state index contributed by atoms with van der Waals surface area (Å²) < 4.78 is 8.36. The van der Waals surface area contributed by atoms with Crippen molar-refractivity contribution in [1.29, 1.82) is 0 Å². The van der Waals surface area contributed by atoms with E-state index in [1.165, 1.54) is 0 Å². The molecule has 28 valence electrons. The Bertz CT molecular complexity index is 33.9. The third-order valence-corrected chi connectivity index (χ3v) is 0.730. The first-order valence-electron chi connectivity index (χ1n) is 1.06. The zero-order valence-corrected chi connectivity index (χ0v) is 3.07. The standard InChI is InChI=1S/BHO3S/c2-1-3-5-4-1/h2H. The van der Waals surface area contributed by atoms with Gasteiger partial charge in [-0.05, 0) is 0 Å². The Morgan fingerprint density at radius 2 is 2.00 bits per heavy atom. The lowest BCUT2D eigenvalue weighted by Gasteiger charge is -2.10. The van der Waals surface area contributed by atoms with Gasteiger partial charge in [-0.15, -0.1) is 0 Å². The molecule has 0 amide bonds. The SMILES string of the molecule is OB1OSO1. The number of hydrogen-bond acceptors (Lipinski definition) is 4. The van der Waals surface area contributed by atoms with Gasteiger partial charge < -0.3 is 5.02 Å². The normalized spacial score (nSPS) is 22.2. The van der Waals surface area contributed by atoms with Crippen LogP contribution in [-0.2, 0) is 8.20 Å². The van der Waals surface area contributed by atoms with Crippen molar-refractivity contribution in [3.8, 4) is 0 Å². The first-order valence-corrected chi connectivity index (χ1v) is 1.73. The maximum absolute atomic E-state index is 7.98. The van der Waals surface area contributed by atoms with E-state index in [0.29, 0.717) is 0 Å². The summed E-state index contributed by atoms with van der Waals surface area (Å²) in [6.07, 6.45) is 0. The molecule has 0 spiro atoms. The van der Waals surface area contributed by atoms with Gasteiger partial charge in [-0.1, -0.05) is 0 Å². The molecule has 1 aliphatic rings. The van der Waals surface area contributed by atoms with Crippen molar-refractivity contribution >= 4 is 19.6 Å². The van der Waals surface area contributed by atoms with E-state index in [1.54, 1.807) is 0 Å². The van der Waals surface area contributed by atoms with Crippen LogP contribution in [0.4, 0.5) is 0 Å². The monoisotopic (exact) mass is 92.0 g/mol. The van der Waals surface area contributed by atoms with E-state index in [4.69, 9.17) is 5.02 Å². The van der Waals surface area contributed by atoms with Gasteiger partial charge in [-0.25, -0.2) is 0 Å². The van der Waals surface area contributed by atoms with Crippen LogP contribution < -0.4 is 0 Å². The summed E-state index contributed by atoms with van der Waals surface area (Å²) in [7, 11) is -0.972.